The second-order valence-corrected chi connectivity index (χ2v) is 15.5. The molecule has 0 atom stereocenters. The monoisotopic (exact) mass is 572 g/mol. The SMILES string of the molecule is CN(c1ccc(N(C)c2cc([N+](=O)C(C)(C)C)cc(C(C)(C)C)c2)cc1)c1cc(N([O-])C(C)(C)C)cc(C(C)(C)C)c1. The highest BCUT2D eigenvalue weighted by Crippen LogP contribution is 2.38. The van der Waals surface area contributed by atoms with Crippen LogP contribution >= 0.6 is 0 Å². The zero-order valence-corrected chi connectivity index (χ0v) is 28.4. The summed E-state index contributed by atoms with van der Waals surface area (Å²) in [4.78, 5) is 17.4. The Morgan fingerprint density at radius 1 is 0.548 bits per heavy atom. The Morgan fingerprint density at radius 2 is 0.929 bits per heavy atom. The van der Waals surface area contributed by atoms with Gasteiger partial charge in [-0.05, 0) is 91.3 Å². The molecule has 0 heterocycles. The third kappa shape index (κ3) is 7.52. The maximum absolute atomic E-state index is 13.2. The zero-order valence-electron chi connectivity index (χ0n) is 28.4. The molecule has 0 spiro atoms. The molecule has 0 radical (unpaired) electrons. The topological polar surface area (TPSA) is 52.9 Å². The van der Waals surface area contributed by atoms with Crippen molar-refractivity contribution in [3.63, 3.8) is 0 Å². The van der Waals surface area contributed by atoms with E-state index in [0.29, 0.717) is 11.4 Å². The van der Waals surface area contributed by atoms with Gasteiger partial charge in [-0.3, -0.25) is 0 Å². The van der Waals surface area contributed by atoms with Gasteiger partial charge in [-0.15, -0.1) is 0 Å². The molecule has 6 nitrogen and oxygen atoms in total. The van der Waals surface area contributed by atoms with Crippen molar-refractivity contribution in [2.75, 3.05) is 29.0 Å². The number of benzene rings is 3. The minimum atomic E-state index is -0.543. The summed E-state index contributed by atoms with van der Waals surface area (Å²) in [6.45, 7) is 24.6. The van der Waals surface area contributed by atoms with Crippen molar-refractivity contribution in [3.05, 3.63) is 81.9 Å². The molecule has 0 fully saturated rings. The molecule has 42 heavy (non-hydrogen) atoms. The van der Waals surface area contributed by atoms with Crippen molar-refractivity contribution in [1.29, 1.82) is 0 Å². The average molecular weight is 573 g/mol. The molecule has 3 aromatic carbocycles. The first kappa shape index (κ1) is 33.1. The Hall–Kier alpha value is -3.38. The van der Waals surface area contributed by atoms with E-state index in [-0.39, 0.29) is 10.8 Å². The van der Waals surface area contributed by atoms with Crippen LogP contribution in [-0.4, -0.2) is 29.9 Å². The van der Waals surface area contributed by atoms with Gasteiger partial charge in [0, 0.05) is 90.6 Å². The summed E-state index contributed by atoms with van der Waals surface area (Å²) in [7, 11) is 4.07. The highest BCUT2D eigenvalue weighted by molar-refractivity contribution is 5.73. The van der Waals surface area contributed by atoms with Crippen molar-refractivity contribution in [1.82, 2.24) is 0 Å². The normalized spacial score (nSPS) is 12.7. The molecule has 6 heteroatoms. The van der Waals surface area contributed by atoms with E-state index in [4.69, 9.17) is 0 Å². The summed E-state index contributed by atoms with van der Waals surface area (Å²) in [5.74, 6) is 0. The maximum atomic E-state index is 13.2. The Morgan fingerprint density at radius 3 is 1.31 bits per heavy atom. The highest BCUT2D eigenvalue weighted by Gasteiger charge is 2.33. The van der Waals surface area contributed by atoms with E-state index in [1.54, 1.807) is 0 Å². The Labute approximate surface area is 254 Å². The van der Waals surface area contributed by atoms with Crippen LogP contribution in [0.5, 0.6) is 0 Å². The largest absolute Gasteiger partial charge is 0.758 e. The first-order valence-electron chi connectivity index (χ1n) is 14.8. The van der Waals surface area contributed by atoms with Crippen LogP contribution in [0.2, 0.25) is 0 Å². The number of anilines is 5. The zero-order chi connectivity index (χ0) is 32.0. The molecule has 0 aliphatic carbocycles. The Bertz CT molecular complexity index is 1420. The lowest BCUT2D eigenvalue weighted by Gasteiger charge is -2.44. The maximum Gasteiger partial charge on any atom is 0.259 e. The van der Waals surface area contributed by atoms with E-state index < -0.39 is 11.1 Å². The van der Waals surface area contributed by atoms with Crippen LogP contribution in [0.3, 0.4) is 0 Å². The van der Waals surface area contributed by atoms with Gasteiger partial charge in [0.1, 0.15) is 0 Å². The standard InChI is InChI=1S/C36H52N4O2/c1-33(2,3)25-19-29(23-31(21-25)39(41)35(7,8)9)37(13)27-15-17-28(18-16-27)38(14)30-20-26(34(4,5)6)22-32(24-30)40(42)36(10,11)12/h15-24H,1-14H3. The molecule has 0 bridgehead atoms. The number of hydrogen-bond donors (Lipinski definition) is 0. The number of nitrogens with zero attached hydrogens (tertiary/aromatic N) is 4. The van der Waals surface area contributed by atoms with Crippen LogP contribution in [-0.2, 0) is 10.8 Å². The summed E-state index contributed by atoms with van der Waals surface area (Å²) in [5, 5.41) is 14.3. The minimum absolute atomic E-state index is 0.107. The molecule has 228 valence electrons. The molecule has 0 aromatic heterocycles. The van der Waals surface area contributed by atoms with E-state index in [9.17, 15) is 10.1 Å². The van der Waals surface area contributed by atoms with Gasteiger partial charge in [0.05, 0.1) is 0 Å². The quantitative estimate of drug-likeness (QED) is 0.217. The Balaban J connectivity index is 2.01. The fraction of sp³-hybridized carbons (Fsp3) is 0.500. The van der Waals surface area contributed by atoms with Gasteiger partial charge in [-0.25, -0.2) is 0 Å². The van der Waals surface area contributed by atoms with Crippen LogP contribution in [0, 0.1) is 10.1 Å². The molecule has 0 unspecified atom stereocenters. The number of hydrogen-bond acceptors (Lipinski definition) is 5. The lowest BCUT2D eigenvalue weighted by atomic mass is 9.86. The summed E-state index contributed by atoms with van der Waals surface area (Å²) < 4.78 is 1.10. The molecule has 3 rings (SSSR count). The predicted molar refractivity (Wildman–Crippen MR) is 181 cm³/mol. The van der Waals surface area contributed by atoms with Gasteiger partial charge in [0.25, 0.3) is 5.69 Å². The summed E-state index contributed by atoms with van der Waals surface area (Å²) >= 11 is 0. The number of rotatable bonds is 6. The van der Waals surface area contributed by atoms with Gasteiger partial charge in [0.2, 0.25) is 5.54 Å². The Kier molecular flexibility index (Phi) is 8.97. The van der Waals surface area contributed by atoms with Crippen LogP contribution in [0.1, 0.15) is 94.2 Å². The van der Waals surface area contributed by atoms with E-state index in [1.165, 1.54) is 0 Å². The summed E-state index contributed by atoms with van der Waals surface area (Å²) in [6, 6.07) is 20.7. The average Bonchev–Trinajstić information content (AvgIpc) is 2.88. The van der Waals surface area contributed by atoms with Crippen molar-refractivity contribution >= 4 is 34.1 Å². The second kappa shape index (κ2) is 11.4. The van der Waals surface area contributed by atoms with Crippen molar-refractivity contribution < 1.29 is 4.76 Å². The third-order valence-electron chi connectivity index (χ3n) is 7.62. The predicted octanol–water partition coefficient (Wildman–Crippen LogP) is 10.1. The second-order valence-electron chi connectivity index (χ2n) is 15.5. The summed E-state index contributed by atoms with van der Waals surface area (Å²) in [5.41, 5.74) is 6.19. The molecule has 3 aromatic rings. The lowest BCUT2D eigenvalue weighted by molar-refractivity contribution is -0.540. The fourth-order valence-electron chi connectivity index (χ4n) is 4.65. The van der Waals surface area contributed by atoms with Crippen molar-refractivity contribution in [3.8, 4) is 0 Å². The molecular formula is C36H52N4O2. The van der Waals surface area contributed by atoms with Crippen LogP contribution in [0.4, 0.5) is 34.1 Å². The minimum Gasteiger partial charge on any atom is -0.758 e. The number of hydroxylamine groups is 1. The first-order chi connectivity index (χ1) is 19.0. The van der Waals surface area contributed by atoms with Crippen LogP contribution < -0.4 is 14.9 Å². The van der Waals surface area contributed by atoms with Gasteiger partial charge < -0.3 is 20.1 Å². The van der Waals surface area contributed by atoms with E-state index in [0.717, 1.165) is 43.7 Å². The number of nitroso groups, excluding NO2 is 1. The van der Waals surface area contributed by atoms with Gasteiger partial charge in [-0.2, -0.15) is 0 Å². The first-order valence-corrected chi connectivity index (χ1v) is 14.8. The van der Waals surface area contributed by atoms with Crippen LogP contribution in [0.25, 0.3) is 0 Å². The van der Waals surface area contributed by atoms with E-state index in [1.807, 2.05) is 79.9 Å². The highest BCUT2D eigenvalue weighted by atomic mass is 16.5. The third-order valence-corrected chi connectivity index (χ3v) is 7.62. The lowest BCUT2D eigenvalue weighted by Crippen LogP contribution is -2.36. The summed E-state index contributed by atoms with van der Waals surface area (Å²) in [6.07, 6.45) is 0. The van der Waals surface area contributed by atoms with Crippen molar-refractivity contribution in [2.45, 2.75) is 105 Å². The molecular weight excluding hydrogens is 520 g/mol. The van der Waals surface area contributed by atoms with Gasteiger partial charge in [-0.1, -0.05) is 41.5 Å². The smallest absolute Gasteiger partial charge is 0.259 e. The molecule has 0 saturated carbocycles. The molecule has 0 aliphatic rings. The molecule has 0 N–H and O–H groups in total. The van der Waals surface area contributed by atoms with E-state index in [2.05, 4.69) is 87.7 Å². The van der Waals surface area contributed by atoms with Crippen molar-refractivity contribution in [2.24, 2.45) is 0 Å². The van der Waals surface area contributed by atoms with Gasteiger partial charge >= 0.3 is 0 Å². The molecule has 0 amide bonds. The van der Waals surface area contributed by atoms with Crippen LogP contribution in [0.15, 0.2) is 60.7 Å². The van der Waals surface area contributed by atoms with E-state index >= 15 is 0 Å². The van der Waals surface area contributed by atoms with Gasteiger partial charge in [0.15, 0.2) is 0 Å². The molecule has 0 aliphatic heterocycles. The molecule has 0 saturated heterocycles. The fourth-order valence-corrected chi connectivity index (χ4v) is 4.65.